The number of likely N-dealkylation sites (tertiary alicyclic amines) is 1. The summed E-state index contributed by atoms with van der Waals surface area (Å²) in [5, 5.41) is 0. The van der Waals surface area contributed by atoms with E-state index in [1.54, 1.807) is 0 Å². The molecule has 1 heterocycles. The lowest BCUT2D eigenvalue weighted by atomic mass is 9.84. The maximum absolute atomic E-state index is 12.9. The van der Waals surface area contributed by atoms with Gasteiger partial charge in [0.05, 0.1) is 12.1 Å². The molecule has 4 nitrogen and oxygen atoms in total. The van der Waals surface area contributed by atoms with E-state index in [2.05, 4.69) is 29.2 Å². The molecule has 0 N–H and O–H groups in total. The van der Waals surface area contributed by atoms with Crippen molar-refractivity contribution in [3.63, 3.8) is 0 Å². The molecule has 128 valence electrons. The van der Waals surface area contributed by atoms with Gasteiger partial charge in [-0.25, -0.2) is 0 Å². The van der Waals surface area contributed by atoms with E-state index in [4.69, 9.17) is 0 Å². The Morgan fingerprint density at radius 1 is 1.17 bits per heavy atom. The first-order chi connectivity index (χ1) is 11.6. The summed E-state index contributed by atoms with van der Waals surface area (Å²) in [7, 11) is 2.05. The minimum absolute atomic E-state index is 0.0258. The summed E-state index contributed by atoms with van der Waals surface area (Å²) < 4.78 is 0. The van der Waals surface area contributed by atoms with Crippen molar-refractivity contribution in [2.24, 2.45) is 5.41 Å². The van der Waals surface area contributed by atoms with E-state index in [0.29, 0.717) is 19.1 Å². The van der Waals surface area contributed by atoms with Crippen LogP contribution in [0.3, 0.4) is 0 Å². The molecule has 0 aromatic heterocycles. The third kappa shape index (κ3) is 2.48. The van der Waals surface area contributed by atoms with Crippen molar-refractivity contribution in [1.29, 1.82) is 0 Å². The van der Waals surface area contributed by atoms with Crippen LogP contribution >= 0.6 is 0 Å². The smallest absolute Gasteiger partial charge is 0.237 e. The molecule has 1 spiro atoms. The van der Waals surface area contributed by atoms with Crippen molar-refractivity contribution in [2.75, 3.05) is 13.7 Å². The van der Waals surface area contributed by atoms with Gasteiger partial charge in [-0.05, 0) is 50.3 Å². The van der Waals surface area contributed by atoms with Gasteiger partial charge in [0, 0.05) is 12.5 Å². The molecule has 4 heteroatoms. The topological polar surface area (TPSA) is 40.6 Å². The first-order valence-corrected chi connectivity index (χ1v) is 9.24. The summed E-state index contributed by atoms with van der Waals surface area (Å²) in [5.41, 5.74) is 2.41. The Balaban J connectivity index is 1.52. The van der Waals surface area contributed by atoms with Gasteiger partial charge in [0.1, 0.15) is 0 Å². The van der Waals surface area contributed by atoms with Crippen molar-refractivity contribution in [2.45, 2.75) is 57.4 Å². The zero-order valence-electron chi connectivity index (χ0n) is 14.5. The Morgan fingerprint density at radius 3 is 2.71 bits per heavy atom. The van der Waals surface area contributed by atoms with Crippen LogP contribution in [0.2, 0.25) is 0 Å². The van der Waals surface area contributed by atoms with Crippen molar-refractivity contribution in [3.05, 3.63) is 35.4 Å². The number of aryl methyl sites for hydroxylation is 1. The minimum atomic E-state index is -0.359. The summed E-state index contributed by atoms with van der Waals surface area (Å²) in [5.74, 6) is 0.110. The van der Waals surface area contributed by atoms with Gasteiger partial charge in [0.15, 0.2) is 0 Å². The summed E-state index contributed by atoms with van der Waals surface area (Å²) in [6.45, 7) is 0.429. The lowest BCUT2D eigenvalue weighted by Crippen LogP contribution is -2.43. The van der Waals surface area contributed by atoms with Crippen LogP contribution < -0.4 is 0 Å². The number of nitrogens with zero attached hydrogens (tertiary/aromatic N) is 2. The Labute approximate surface area is 143 Å². The number of fused-ring (bicyclic) bond motifs is 1. The van der Waals surface area contributed by atoms with Crippen molar-refractivity contribution in [3.8, 4) is 0 Å². The molecule has 2 fully saturated rings. The average Bonchev–Trinajstić information content (AvgIpc) is 3.15. The summed E-state index contributed by atoms with van der Waals surface area (Å²) >= 11 is 0. The maximum Gasteiger partial charge on any atom is 0.237 e. The number of imide groups is 1. The Hall–Kier alpha value is -1.68. The maximum atomic E-state index is 12.9. The van der Waals surface area contributed by atoms with Gasteiger partial charge in [0.2, 0.25) is 11.8 Å². The number of carbonyl (C=O) groups is 2. The zero-order valence-corrected chi connectivity index (χ0v) is 14.5. The molecule has 1 aliphatic heterocycles. The van der Waals surface area contributed by atoms with Crippen LogP contribution in [0.25, 0.3) is 0 Å². The molecule has 2 amide bonds. The van der Waals surface area contributed by atoms with Crippen LogP contribution in [0.5, 0.6) is 0 Å². The van der Waals surface area contributed by atoms with Crippen LogP contribution in [0.1, 0.15) is 62.1 Å². The molecule has 1 saturated heterocycles. The van der Waals surface area contributed by atoms with Crippen LogP contribution in [-0.4, -0.2) is 35.3 Å². The van der Waals surface area contributed by atoms with Crippen LogP contribution in [0.15, 0.2) is 24.3 Å². The number of rotatable bonds is 3. The standard InChI is InChI=1S/C20H26N2O2/c1-21(17-10-6-8-15-7-2-3-9-16(15)17)14-22-18(23)13-20(19(22)24)11-4-5-12-20/h2-3,7,9,17H,4-6,8,10-14H2,1H3/t17-/m1/s1. The first-order valence-electron chi connectivity index (χ1n) is 9.24. The van der Waals surface area contributed by atoms with Crippen molar-refractivity contribution in [1.82, 2.24) is 9.80 Å². The second kappa shape index (κ2) is 5.99. The van der Waals surface area contributed by atoms with E-state index in [1.165, 1.54) is 16.0 Å². The highest BCUT2D eigenvalue weighted by Crippen LogP contribution is 2.47. The Kier molecular flexibility index (Phi) is 3.95. The van der Waals surface area contributed by atoms with Crippen molar-refractivity contribution >= 4 is 11.8 Å². The quantitative estimate of drug-likeness (QED) is 0.801. The van der Waals surface area contributed by atoms with E-state index in [9.17, 15) is 9.59 Å². The largest absolute Gasteiger partial charge is 0.282 e. The first kappa shape index (κ1) is 15.8. The second-order valence-electron chi connectivity index (χ2n) is 7.80. The lowest BCUT2D eigenvalue weighted by molar-refractivity contribution is -0.144. The molecule has 4 rings (SSSR count). The highest BCUT2D eigenvalue weighted by Gasteiger charge is 2.52. The second-order valence-corrected chi connectivity index (χ2v) is 7.80. The van der Waals surface area contributed by atoms with Crippen molar-refractivity contribution < 1.29 is 9.59 Å². The van der Waals surface area contributed by atoms with Gasteiger partial charge in [-0.2, -0.15) is 0 Å². The monoisotopic (exact) mass is 326 g/mol. The van der Waals surface area contributed by atoms with Crippen LogP contribution in [0.4, 0.5) is 0 Å². The highest BCUT2D eigenvalue weighted by atomic mass is 16.2. The number of carbonyl (C=O) groups excluding carboxylic acids is 2. The molecule has 2 aliphatic carbocycles. The SMILES string of the molecule is CN(CN1C(=O)CC2(CCCC2)C1=O)[C@@H]1CCCc2ccccc21. The Bertz CT molecular complexity index is 663. The molecule has 0 bridgehead atoms. The zero-order chi connectivity index (χ0) is 16.7. The summed E-state index contributed by atoms with van der Waals surface area (Å²) in [6, 6.07) is 8.88. The minimum Gasteiger partial charge on any atom is -0.282 e. The fraction of sp³-hybridized carbons (Fsp3) is 0.600. The normalized spacial score (nSPS) is 25.8. The molecule has 1 aromatic carbocycles. The molecule has 1 atom stereocenters. The van der Waals surface area contributed by atoms with E-state index in [0.717, 1.165) is 44.9 Å². The highest BCUT2D eigenvalue weighted by molar-refractivity contribution is 6.06. The third-order valence-corrected chi connectivity index (χ3v) is 6.28. The molecular formula is C20H26N2O2. The van der Waals surface area contributed by atoms with E-state index < -0.39 is 0 Å². The van der Waals surface area contributed by atoms with E-state index in [-0.39, 0.29) is 17.2 Å². The summed E-state index contributed by atoms with van der Waals surface area (Å²) in [4.78, 5) is 29.1. The van der Waals surface area contributed by atoms with E-state index >= 15 is 0 Å². The third-order valence-electron chi connectivity index (χ3n) is 6.28. The van der Waals surface area contributed by atoms with Gasteiger partial charge < -0.3 is 0 Å². The molecule has 0 unspecified atom stereocenters. The molecule has 1 aromatic rings. The number of amides is 2. The molecule has 3 aliphatic rings. The molecule has 1 saturated carbocycles. The average molecular weight is 326 g/mol. The van der Waals surface area contributed by atoms with Crippen LogP contribution in [-0.2, 0) is 16.0 Å². The van der Waals surface area contributed by atoms with Crippen LogP contribution in [0, 0.1) is 5.41 Å². The fourth-order valence-electron chi connectivity index (χ4n) is 4.95. The predicted molar refractivity (Wildman–Crippen MR) is 92.1 cm³/mol. The molecule has 24 heavy (non-hydrogen) atoms. The lowest BCUT2D eigenvalue weighted by Gasteiger charge is -2.35. The summed E-state index contributed by atoms with van der Waals surface area (Å²) in [6.07, 6.45) is 7.77. The van der Waals surface area contributed by atoms with Gasteiger partial charge in [-0.1, -0.05) is 37.1 Å². The fourth-order valence-corrected chi connectivity index (χ4v) is 4.95. The van der Waals surface area contributed by atoms with E-state index in [1.807, 2.05) is 7.05 Å². The number of hydrogen-bond acceptors (Lipinski definition) is 3. The Morgan fingerprint density at radius 2 is 1.92 bits per heavy atom. The van der Waals surface area contributed by atoms with Gasteiger partial charge in [-0.3, -0.25) is 19.4 Å². The predicted octanol–water partition coefficient (Wildman–Crippen LogP) is 3.27. The van der Waals surface area contributed by atoms with Gasteiger partial charge in [-0.15, -0.1) is 0 Å². The van der Waals surface area contributed by atoms with Gasteiger partial charge in [0.25, 0.3) is 0 Å². The molecule has 0 radical (unpaired) electrons. The van der Waals surface area contributed by atoms with Gasteiger partial charge >= 0.3 is 0 Å². The number of benzene rings is 1. The number of hydrogen-bond donors (Lipinski definition) is 0. The molecular weight excluding hydrogens is 300 g/mol.